The topological polar surface area (TPSA) is 88.8 Å². The monoisotopic (exact) mass is 291 g/mol. The molecule has 1 amide bonds. The molecule has 1 aromatic carbocycles. The largest absolute Gasteiger partial charge is 0.478 e. The number of furan rings is 1. The Balaban J connectivity index is 2.06. The van der Waals surface area contributed by atoms with Crippen molar-refractivity contribution in [1.82, 2.24) is 5.32 Å². The van der Waals surface area contributed by atoms with E-state index in [0.717, 1.165) is 0 Å². The zero-order chi connectivity index (χ0) is 15.6. The molecule has 2 N–H and O–H groups in total. The lowest BCUT2D eigenvalue weighted by atomic mass is 10.1. The van der Waals surface area contributed by atoms with Gasteiger partial charge in [-0.1, -0.05) is 0 Å². The van der Waals surface area contributed by atoms with Crippen LogP contribution in [0.5, 0.6) is 0 Å². The van der Waals surface area contributed by atoms with E-state index < -0.39 is 17.7 Å². The van der Waals surface area contributed by atoms with Crippen LogP contribution in [-0.4, -0.2) is 22.8 Å². The summed E-state index contributed by atoms with van der Waals surface area (Å²) in [5.74, 6) is -0.468. The number of carbonyl (C=O) groups is 2. The van der Waals surface area contributed by atoms with Crippen molar-refractivity contribution in [1.29, 1.82) is 0 Å². The molecular formula is C15H17NO5. The Morgan fingerprint density at radius 3 is 2.62 bits per heavy atom. The maximum atomic E-state index is 11.5. The summed E-state index contributed by atoms with van der Waals surface area (Å²) in [6.45, 7) is 5.51. The van der Waals surface area contributed by atoms with E-state index in [1.807, 2.05) is 0 Å². The van der Waals surface area contributed by atoms with E-state index in [4.69, 9.17) is 14.3 Å². The van der Waals surface area contributed by atoms with Gasteiger partial charge in [0.15, 0.2) is 0 Å². The summed E-state index contributed by atoms with van der Waals surface area (Å²) in [5, 5.41) is 12.2. The highest BCUT2D eigenvalue weighted by atomic mass is 16.6. The number of fused-ring (bicyclic) bond motifs is 1. The number of carboxylic acids is 1. The molecule has 0 aliphatic heterocycles. The van der Waals surface area contributed by atoms with Crippen molar-refractivity contribution >= 4 is 23.0 Å². The molecule has 0 spiro atoms. The van der Waals surface area contributed by atoms with Crippen LogP contribution in [-0.2, 0) is 11.3 Å². The third kappa shape index (κ3) is 3.98. The van der Waals surface area contributed by atoms with Gasteiger partial charge in [0.05, 0.1) is 12.1 Å². The number of hydrogen-bond donors (Lipinski definition) is 2. The summed E-state index contributed by atoms with van der Waals surface area (Å²) in [4.78, 5) is 22.4. The summed E-state index contributed by atoms with van der Waals surface area (Å²) < 4.78 is 10.6. The molecular weight excluding hydrogens is 274 g/mol. The van der Waals surface area contributed by atoms with Crippen LogP contribution >= 0.6 is 0 Å². The van der Waals surface area contributed by atoms with Crippen LogP contribution in [0.15, 0.2) is 28.7 Å². The van der Waals surface area contributed by atoms with Crippen molar-refractivity contribution in [2.24, 2.45) is 0 Å². The third-order valence-electron chi connectivity index (χ3n) is 2.62. The van der Waals surface area contributed by atoms with Crippen molar-refractivity contribution in [3.8, 4) is 0 Å². The maximum absolute atomic E-state index is 11.5. The number of benzene rings is 1. The average Bonchev–Trinajstić information content (AvgIpc) is 2.75. The number of carboxylic acid groups (broad SMARTS) is 1. The first kappa shape index (κ1) is 14.9. The Labute approximate surface area is 121 Å². The van der Waals surface area contributed by atoms with Gasteiger partial charge < -0.3 is 19.6 Å². The number of rotatable bonds is 3. The molecule has 0 saturated heterocycles. The molecule has 21 heavy (non-hydrogen) atoms. The van der Waals surface area contributed by atoms with Gasteiger partial charge in [0.25, 0.3) is 0 Å². The second-order valence-corrected chi connectivity index (χ2v) is 5.63. The Morgan fingerprint density at radius 1 is 1.29 bits per heavy atom. The first-order valence-electron chi connectivity index (χ1n) is 6.47. The Kier molecular flexibility index (Phi) is 3.88. The lowest BCUT2D eigenvalue weighted by Gasteiger charge is -2.19. The highest BCUT2D eigenvalue weighted by Crippen LogP contribution is 2.21. The molecule has 1 aromatic heterocycles. The predicted octanol–water partition coefficient (Wildman–Crippen LogP) is 3.16. The summed E-state index contributed by atoms with van der Waals surface area (Å²) in [6.07, 6.45) is -0.533. The summed E-state index contributed by atoms with van der Waals surface area (Å²) >= 11 is 0. The first-order chi connectivity index (χ1) is 9.74. The number of alkyl carbamates (subject to hydrolysis) is 1. The minimum absolute atomic E-state index is 0.173. The molecule has 0 unspecified atom stereocenters. The number of nitrogens with one attached hydrogen (secondary N) is 1. The molecule has 0 aliphatic rings. The molecule has 0 aliphatic carbocycles. The Morgan fingerprint density at radius 2 is 2.00 bits per heavy atom. The fourth-order valence-corrected chi connectivity index (χ4v) is 1.79. The number of amides is 1. The Bertz CT molecular complexity index is 681. The predicted molar refractivity (Wildman–Crippen MR) is 76.2 cm³/mol. The van der Waals surface area contributed by atoms with Gasteiger partial charge in [-0.05, 0) is 45.0 Å². The van der Waals surface area contributed by atoms with E-state index in [2.05, 4.69) is 5.32 Å². The second kappa shape index (κ2) is 5.47. The van der Waals surface area contributed by atoms with Crippen molar-refractivity contribution in [3.05, 3.63) is 35.6 Å². The molecule has 0 bridgehead atoms. The first-order valence-corrected chi connectivity index (χ1v) is 6.47. The number of carbonyl (C=O) groups excluding carboxylic acids is 1. The van der Waals surface area contributed by atoms with Crippen molar-refractivity contribution < 1.29 is 23.8 Å². The summed E-state index contributed by atoms with van der Waals surface area (Å²) in [5.41, 5.74) is 0.199. The van der Waals surface area contributed by atoms with Crippen LogP contribution in [0.1, 0.15) is 36.9 Å². The molecule has 6 nitrogen and oxygen atoms in total. The van der Waals surface area contributed by atoms with Crippen molar-refractivity contribution in [2.45, 2.75) is 32.9 Å². The van der Waals surface area contributed by atoms with Gasteiger partial charge in [-0.25, -0.2) is 9.59 Å². The summed E-state index contributed by atoms with van der Waals surface area (Å²) in [6, 6.07) is 6.28. The van der Waals surface area contributed by atoms with Crippen LogP contribution in [0.25, 0.3) is 11.0 Å². The zero-order valence-electron chi connectivity index (χ0n) is 12.1. The highest BCUT2D eigenvalue weighted by molar-refractivity contribution is 5.93. The molecule has 0 fully saturated rings. The molecule has 0 radical (unpaired) electrons. The lowest BCUT2D eigenvalue weighted by molar-refractivity contribution is 0.0519. The maximum Gasteiger partial charge on any atom is 0.408 e. The second-order valence-electron chi connectivity index (χ2n) is 5.63. The quantitative estimate of drug-likeness (QED) is 0.906. The van der Waals surface area contributed by atoms with E-state index in [-0.39, 0.29) is 12.1 Å². The smallest absolute Gasteiger partial charge is 0.408 e. The zero-order valence-corrected chi connectivity index (χ0v) is 12.1. The lowest BCUT2D eigenvalue weighted by Crippen LogP contribution is -2.32. The molecule has 6 heteroatoms. The van der Waals surface area contributed by atoms with E-state index in [1.165, 1.54) is 12.1 Å². The Hall–Kier alpha value is -2.50. The van der Waals surface area contributed by atoms with Crippen LogP contribution in [0, 0.1) is 0 Å². The standard InChI is InChI=1S/C15H17NO5/c1-15(2,3)21-14(19)16-8-11-7-10-6-9(13(17)18)4-5-12(10)20-11/h4-7H,8H2,1-3H3,(H,16,19)(H,17,18). The molecule has 2 rings (SSSR count). The van der Waals surface area contributed by atoms with Crippen molar-refractivity contribution in [3.63, 3.8) is 0 Å². The van der Waals surface area contributed by atoms with Gasteiger partial charge in [-0.3, -0.25) is 0 Å². The molecule has 1 heterocycles. The van der Waals surface area contributed by atoms with Gasteiger partial charge in [0.2, 0.25) is 0 Å². The third-order valence-corrected chi connectivity index (χ3v) is 2.62. The van der Waals surface area contributed by atoms with Crippen molar-refractivity contribution in [2.75, 3.05) is 0 Å². The molecule has 2 aromatic rings. The van der Waals surface area contributed by atoms with Crippen LogP contribution in [0.2, 0.25) is 0 Å². The average molecular weight is 291 g/mol. The normalized spacial score (nSPS) is 11.4. The van der Waals surface area contributed by atoms with Gasteiger partial charge in [0.1, 0.15) is 16.9 Å². The summed E-state index contributed by atoms with van der Waals surface area (Å²) in [7, 11) is 0. The minimum Gasteiger partial charge on any atom is -0.478 e. The van der Waals surface area contributed by atoms with Gasteiger partial charge in [-0.2, -0.15) is 0 Å². The van der Waals surface area contributed by atoms with Gasteiger partial charge in [-0.15, -0.1) is 0 Å². The van der Waals surface area contributed by atoms with Crippen LogP contribution in [0.4, 0.5) is 4.79 Å². The van der Waals surface area contributed by atoms with Crippen LogP contribution < -0.4 is 5.32 Å². The van der Waals surface area contributed by atoms with E-state index in [0.29, 0.717) is 16.7 Å². The SMILES string of the molecule is CC(C)(C)OC(=O)NCc1cc2cc(C(=O)O)ccc2o1. The molecule has 112 valence electrons. The number of hydrogen-bond acceptors (Lipinski definition) is 4. The van der Waals surface area contributed by atoms with Crippen LogP contribution in [0.3, 0.4) is 0 Å². The molecule has 0 saturated carbocycles. The fraction of sp³-hybridized carbons (Fsp3) is 0.333. The highest BCUT2D eigenvalue weighted by Gasteiger charge is 2.16. The van der Waals surface area contributed by atoms with Gasteiger partial charge in [0, 0.05) is 5.39 Å². The van der Waals surface area contributed by atoms with E-state index in [1.54, 1.807) is 32.9 Å². The number of ether oxygens (including phenoxy) is 1. The fourth-order valence-electron chi connectivity index (χ4n) is 1.79. The van der Waals surface area contributed by atoms with Gasteiger partial charge >= 0.3 is 12.1 Å². The minimum atomic E-state index is -0.994. The number of aromatic carboxylic acids is 1. The molecule has 0 atom stereocenters. The van der Waals surface area contributed by atoms with E-state index in [9.17, 15) is 9.59 Å². The van der Waals surface area contributed by atoms with E-state index >= 15 is 0 Å².